The molecular formula is C7H11N3O4. The predicted molar refractivity (Wildman–Crippen MR) is 44.8 cm³/mol. The van der Waals surface area contributed by atoms with Gasteiger partial charge in [0.05, 0.1) is 24.9 Å². The lowest BCUT2D eigenvalue weighted by molar-refractivity contribution is 0.0688. The van der Waals surface area contributed by atoms with Gasteiger partial charge in [0, 0.05) is 0 Å². The summed E-state index contributed by atoms with van der Waals surface area (Å²) in [7, 11) is 0. The lowest BCUT2D eigenvalue weighted by atomic mass is 10.3. The average molecular weight is 201 g/mol. The van der Waals surface area contributed by atoms with E-state index in [9.17, 15) is 4.79 Å². The van der Waals surface area contributed by atoms with E-state index in [1.807, 2.05) is 0 Å². The van der Waals surface area contributed by atoms with Gasteiger partial charge < -0.3 is 15.3 Å². The average Bonchev–Trinajstić information content (AvgIpc) is 2.48. The van der Waals surface area contributed by atoms with Crippen LogP contribution in [0.3, 0.4) is 0 Å². The van der Waals surface area contributed by atoms with Gasteiger partial charge in [-0.25, -0.2) is 9.48 Å². The summed E-state index contributed by atoms with van der Waals surface area (Å²) in [5.41, 5.74) is 0.208. The molecule has 1 heterocycles. The summed E-state index contributed by atoms with van der Waals surface area (Å²) in [6.45, 7) is 1.16. The van der Waals surface area contributed by atoms with E-state index in [2.05, 4.69) is 10.3 Å². The van der Waals surface area contributed by atoms with Gasteiger partial charge in [0.1, 0.15) is 0 Å². The van der Waals surface area contributed by atoms with Gasteiger partial charge in [0.2, 0.25) is 0 Å². The molecular weight excluding hydrogens is 190 g/mol. The van der Waals surface area contributed by atoms with E-state index in [1.54, 1.807) is 0 Å². The second-order valence-corrected chi connectivity index (χ2v) is 2.85. The van der Waals surface area contributed by atoms with Crippen LogP contribution < -0.4 is 0 Å². The van der Waals surface area contributed by atoms with Crippen molar-refractivity contribution in [2.45, 2.75) is 19.6 Å². The van der Waals surface area contributed by atoms with Crippen molar-refractivity contribution in [3.05, 3.63) is 11.4 Å². The summed E-state index contributed by atoms with van der Waals surface area (Å²) < 4.78 is 1.24. The topological polar surface area (TPSA) is 108 Å². The highest BCUT2D eigenvalue weighted by Gasteiger charge is 2.16. The summed E-state index contributed by atoms with van der Waals surface area (Å²) in [6.07, 6.45) is -0.961. The minimum absolute atomic E-state index is 0.0304. The van der Waals surface area contributed by atoms with Gasteiger partial charge in [-0.3, -0.25) is 0 Å². The summed E-state index contributed by atoms with van der Waals surface area (Å²) in [4.78, 5) is 10.6. The van der Waals surface area contributed by atoms with Crippen LogP contribution in [0.2, 0.25) is 0 Å². The standard InChI is InChI=1S/C7H11N3O4/c1-4-6(7(13)14)8-9-10(4)2-5(12)3-11/h5,11-12H,2-3H2,1H3,(H,13,14). The molecule has 0 bridgehead atoms. The van der Waals surface area contributed by atoms with Crippen molar-refractivity contribution in [1.82, 2.24) is 15.0 Å². The second-order valence-electron chi connectivity index (χ2n) is 2.85. The first-order valence-electron chi connectivity index (χ1n) is 3.98. The minimum Gasteiger partial charge on any atom is -0.476 e. The van der Waals surface area contributed by atoms with Crippen LogP contribution in [-0.4, -0.2) is 49.0 Å². The van der Waals surface area contributed by atoms with Crippen molar-refractivity contribution >= 4 is 5.97 Å². The zero-order valence-corrected chi connectivity index (χ0v) is 7.58. The second kappa shape index (κ2) is 4.16. The Morgan fingerprint density at radius 3 is 2.71 bits per heavy atom. The molecule has 1 rings (SSSR count). The lowest BCUT2D eigenvalue weighted by Gasteiger charge is -2.07. The molecule has 0 radical (unpaired) electrons. The normalized spacial score (nSPS) is 12.8. The van der Waals surface area contributed by atoms with Crippen molar-refractivity contribution in [1.29, 1.82) is 0 Å². The van der Waals surface area contributed by atoms with Gasteiger partial charge in [-0.15, -0.1) is 5.10 Å². The number of aliphatic hydroxyl groups is 2. The van der Waals surface area contributed by atoms with E-state index in [4.69, 9.17) is 15.3 Å². The van der Waals surface area contributed by atoms with E-state index in [0.29, 0.717) is 5.69 Å². The molecule has 1 aromatic rings. The van der Waals surface area contributed by atoms with Crippen molar-refractivity contribution in [2.24, 2.45) is 0 Å². The molecule has 14 heavy (non-hydrogen) atoms. The molecule has 0 aliphatic heterocycles. The molecule has 0 saturated heterocycles. The fourth-order valence-electron chi connectivity index (χ4n) is 0.989. The molecule has 78 valence electrons. The van der Waals surface area contributed by atoms with Crippen LogP contribution in [0, 0.1) is 6.92 Å². The van der Waals surface area contributed by atoms with E-state index >= 15 is 0 Å². The summed E-state index contributed by atoms with van der Waals surface area (Å²) in [6, 6.07) is 0. The van der Waals surface area contributed by atoms with Crippen LogP contribution in [0.15, 0.2) is 0 Å². The molecule has 1 unspecified atom stereocenters. The van der Waals surface area contributed by atoms with Crippen LogP contribution >= 0.6 is 0 Å². The Morgan fingerprint density at radius 2 is 2.29 bits per heavy atom. The Balaban J connectivity index is 2.84. The molecule has 7 nitrogen and oxygen atoms in total. The Kier molecular flexibility index (Phi) is 3.15. The largest absolute Gasteiger partial charge is 0.476 e. The lowest BCUT2D eigenvalue weighted by Crippen LogP contribution is -2.21. The number of rotatable bonds is 4. The van der Waals surface area contributed by atoms with Crippen LogP contribution in [0.25, 0.3) is 0 Å². The van der Waals surface area contributed by atoms with Gasteiger partial charge in [-0.05, 0) is 6.92 Å². The van der Waals surface area contributed by atoms with Crippen molar-refractivity contribution in [3.8, 4) is 0 Å². The third-order valence-corrected chi connectivity index (χ3v) is 1.78. The molecule has 0 spiro atoms. The quantitative estimate of drug-likeness (QED) is 0.555. The fraction of sp³-hybridized carbons (Fsp3) is 0.571. The molecule has 3 N–H and O–H groups in total. The molecule has 7 heteroatoms. The molecule has 0 fully saturated rings. The van der Waals surface area contributed by atoms with Gasteiger partial charge in [0.25, 0.3) is 0 Å². The van der Waals surface area contributed by atoms with Crippen LogP contribution in [0.1, 0.15) is 16.2 Å². The maximum Gasteiger partial charge on any atom is 0.358 e. The summed E-state index contributed by atoms with van der Waals surface area (Å²) in [5, 5.41) is 33.3. The molecule has 0 aromatic carbocycles. The maximum absolute atomic E-state index is 10.6. The van der Waals surface area contributed by atoms with Crippen molar-refractivity contribution < 1.29 is 20.1 Å². The zero-order valence-electron chi connectivity index (χ0n) is 7.58. The van der Waals surface area contributed by atoms with E-state index in [0.717, 1.165) is 0 Å². The molecule has 0 amide bonds. The van der Waals surface area contributed by atoms with Crippen LogP contribution in [0.4, 0.5) is 0 Å². The van der Waals surface area contributed by atoms with Gasteiger partial charge >= 0.3 is 5.97 Å². The molecule has 0 aliphatic carbocycles. The SMILES string of the molecule is Cc1c(C(=O)O)nnn1CC(O)CO. The van der Waals surface area contributed by atoms with Crippen LogP contribution in [0.5, 0.6) is 0 Å². The number of nitrogens with zero attached hydrogens (tertiary/aromatic N) is 3. The zero-order chi connectivity index (χ0) is 10.7. The summed E-state index contributed by atoms with van der Waals surface area (Å²) in [5.74, 6) is -1.16. The van der Waals surface area contributed by atoms with Gasteiger partial charge in [-0.1, -0.05) is 5.21 Å². The molecule has 0 aliphatic rings. The predicted octanol–water partition coefficient (Wildman–Crippen LogP) is -1.36. The first-order chi connectivity index (χ1) is 6.56. The van der Waals surface area contributed by atoms with Crippen LogP contribution in [-0.2, 0) is 6.54 Å². The van der Waals surface area contributed by atoms with E-state index in [-0.39, 0.29) is 12.2 Å². The van der Waals surface area contributed by atoms with Crippen molar-refractivity contribution in [3.63, 3.8) is 0 Å². The number of hydrogen-bond acceptors (Lipinski definition) is 5. The summed E-state index contributed by atoms with van der Waals surface area (Å²) >= 11 is 0. The number of aromatic carboxylic acids is 1. The van der Waals surface area contributed by atoms with Crippen molar-refractivity contribution in [2.75, 3.05) is 6.61 Å². The third-order valence-electron chi connectivity index (χ3n) is 1.78. The Labute approximate surface area is 79.6 Å². The Bertz CT molecular complexity index is 336. The van der Waals surface area contributed by atoms with E-state index in [1.165, 1.54) is 11.6 Å². The highest BCUT2D eigenvalue weighted by atomic mass is 16.4. The minimum atomic E-state index is -1.16. The number of hydrogen-bond donors (Lipinski definition) is 3. The van der Waals surface area contributed by atoms with Gasteiger partial charge in [-0.2, -0.15) is 0 Å². The maximum atomic E-state index is 10.6. The fourth-order valence-corrected chi connectivity index (χ4v) is 0.989. The number of carboxylic acids is 1. The number of carbonyl (C=O) groups is 1. The molecule has 1 atom stereocenters. The number of aliphatic hydroxyl groups excluding tert-OH is 2. The first-order valence-corrected chi connectivity index (χ1v) is 3.98. The smallest absolute Gasteiger partial charge is 0.358 e. The monoisotopic (exact) mass is 201 g/mol. The Morgan fingerprint density at radius 1 is 1.64 bits per heavy atom. The number of carboxylic acid groups (broad SMARTS) is 1. The van der Waals surface area contributed by atoms with E-state index < -0.39 is 18.7 Å². The highest BCUT2D eigenvalue weighted by molar-refractivity contribution is 5.86. The van der Waals surface area contributed by atoms with Gasteiger partial charge in [0.15, 0.2) is 5.69 Å². The molecule has 1 aromatic heterocycles. The third kappa shape index (κ3) is 2.06. The highest BCUT2D eigenvalue weighted by Crippen LogP contribution is 2.04. The number of aromatic nitrogens is 3. The Hall–Kier alpha value is -1.47. The first kappa shape index (κ1) is 10.6. The molecule has 0 saturated carbocycles.